The van der Waals surface area contributed by atoms with Crippen molar-refractivity contribution in [3.05, 3.63) is 28.2 Å². The minimum atomic E-state index is -3.11. The van der Waals surface area contributed by atoms with Crippen molar-refractivity contribution in [3.8, 4) is 0 Å². The predicted octanol–water partition coefficient (Wildman–Crippen LogP) is 4.11. The first kappa shape index (κ1) is 23.1. The van der Waals surface area contributed by atoms with E-state index in [9.17, 15) is 17.8 Å². The van der Waals surface area contributed by atoms with Crippen molar-refractivity contribution < 1.29 is 22.5 Å². The van der Waals surface area contributed by atoms with E-state index in [1.165, 1.54) is 6.07 Å². The number of nitrogens with zero attached hydrogens (tertiary/aromatic N) is 3. The molecule has 1 aromatic heterocycles. The Morgan fingerprint density at radius 3 is 2.73 bits per heavy atom. The van der Waals surface area contributed by atoms with E-state index < -0.39 is 44.2 Å². The Labute approximate surface area is 183 Å². The Balaban J connectivity index is 2.20. The maximum atomic E-state index is 14.7. The first-order valence-corrected chi connectivity index (χ1v) is 12.0. The summed E-state index contributed by atoms with van der Waals surface area (Å²) in [6, 6.07) is 2.52. The van der Waals surface area contributed by atoms with Gasteiger partial charge in [-0.2, -0.15) is 0 Å². The Morgan fingerprint density at radius 2 is 2.10 bits per heavy atom. The summed E-state index contributed by atoms with van der Waals surface area (Å²) in [5.41, 5.74) is -2.95. The Morgan fingerprint density at radius 1 is 1.40 bits per heavy atom. The second-order valence-electron chi connectivity index (χ2n) is 8.69. The molecular weight excluding hydrogens is 482 g/mol. The minimum absolute atomic E-state index is 0.0183. The molecule has 1 amide bonds. The van der Waals surface area contributed by atoms with E-state index in [1.807, 2.05) is 0 Å². The van der Waals surface area contributed by atoms with Crippen molar-refractivity contribution >= 4 is 37.6 Å². The third kappa shape index (κ3) is 4.10. The zero-order chi connectivity index (χ0) is 22.4. The second kappa shape index (κ2) is 7.81. The van der Waals surface area contributed by atoms with E-state index in [4.69, 9.17) is 4.74 Å². The molecule has 0 aromatic carbocycles. The number of fused-ring (bicyclic) bond motifs is 1. The van der Waals surface area contributed by atoms with Gasteiger partial charge < -0.3 is 4.74 Å². The molecule has 2 aliphatic rings. The SMILES string of the molecule is CC(C)(C)OC(=O)NC1=N[C@](CF)(c2nc(Br)ccc2F)C[S@@]2(=O)=NCCC[C@@]12C. The van der Waals surface area contributed by atoms with Crippen LogP contribution in [-0.2, 0) is 20.0 Å². The van der Waals surface area contributed by atoms with Crippen molar-refractivity contribution in [1.82, 2.24) is 10.3 Å². The van der Waals surface area contributed by atoms with E-state index in [0.717, 1.165) is 6.07 Å². The molecule has 2 aliphatic heterocycles. The molecule has 3 rings (SSSR count). The summed E-state index contributed by atoms with van der Waals surface area (Å²) < 4.78 is 52.0. The Hall–Kier alpha value is -1.62. The molecular formula is C19H25BrF2N4O3S. The first-order chi connectivity index (χ1) is 13.8. The third-order valence-electron chi connectivity index (χ3n) is 5.17. The van der Waals surface area contributed by atoms with Crippen LogP contribution in [0.2, 0.25) is 0 Å². The van der Waals surface area contributed by atoms with Crippen LogP contribution < -0.4 is 5.32 Å². The average molecular weight is 507 g/mol. The minimum Gasteiger partial charge on any atom is -0.444 e. The van der Waals surface area contributed by atoms with Gasteiger partial charge in [0.1, 0.15) is 44.5 Å². The number of aromatic nitrogens is 1. The summed E-state index contributed by atoms with van der Waals surface area (Å²) in [5.74, 6) is -1.12. The van der Waals surface area contributed by atoms with Crippen LogP contribution in [0.3, 0.4) is 0 Å². The highest BCUT2D eigenvalue weighted by Crippen LogP contribution is 2.43. The normalized spacial score (nSPS) is 31.2. The Bertz CT molecular complexity index is 1020. The van der Waals surface area contributed by atoms with E-state index in [0.29, 0.717) is 19.4 Å². The van der Waals surface area contributed by atoms with Gasteiger partial charge in [0.2, 0.25) is 0 Å². The summed E-state index contributed by atoms with van der Waals surface area (Å²) in [7, 11) is -3.11. The highest BCUT2D eigenvalue weighted by Gasteiger charge is 2.55. The summed E-state index contributed by atoms with van der Waals surface area (Å²) in [5, 5.41) is 2.55. The summed E-state index contributed by atoms with van der Waals surface area (Å²) in [4.78, 5) is 21.0. The monoisotopic (exact) mass is 506 g/mol. The van der Waals surface area contributed by atoms with Gasteiger partial charge in [-0.05, 0) is 68.6 Å². The van der Waals surface area contributed by atoms with Crippen LogP contribution in [0, 0.1) is 5.82 Å². The fourth-order valence-corrected chi connectivity index (χ4v) is 6.87. The number of carbonyl (C=O) groups excluding carboxylic acids is 1. The molecule has 3 heterocycles. The highest BCUT2D eigenvalue weighted by molar-refractivity contribution is 9.10. The van der Waals surface area contributed by atoms with Crippen molar-refractivity contribution in [3.63, 3.8) is 0 Å². The quantitative estimate of drug-likeness (QED) is 0.610. The van der Waals surface area contributed by atoms with Crippen LogP contribution in [0.4, 0.5) is 13.6 Å². The lowest BCUT2D eigenvalue weighted by Crippen LogP contribution is -2.61. The van der Waals surface area contributed by atoms with Crippen molar-refractivity contribution in [2.24, 2.45) is 9.36 Å². The smallest absolute Gasteiger partial charge is 0.413 e. The molecule has 11 heteroatoms. The molecule has 0 unspecified atom stereocenters. The number of rotatable bonds is 2. The van der Waals surface area contributed by atoms with E-state index in [2.05, 4.69) is 35.6 Å². The van der Waals surface area contributed by atoms with Gasteiger partial charge in [-0.15, -0.1) is 0 Å². The molecule has 0 aliphatic carbocycles. The number of nitrogens with one attached hydrogen (secondary N) is 1. The first-order valence-electron chi connectivity index (χ1n) is 9.53. The summed E-state index contributed by atoms with van der Waals surface area (Å²) >= 11 is 3.16. The number of halogens is 3. The lowest BCUT2D eigenvalue weighted by atomic mass is 9.95. The molecule has 30 heavy (non-hydrogen) atoms. The van der Waals surface area contributed by atoms with Gasteiger partial charge in [-0.25, -0.2) is 27.1 Å². The van der Waals surface area contributed by atoms with Crippen LogP contribution in [-0.4, -0.2) is 50.4 Å². The van der Waals surface area contributed by atoms with Crippen LogP contribution in [0.1, 0.15) is 46.2 Å². The molecule has 0 saturated carbocycles. The molecule has 1 aromatic rings. The van der Waals surface area contributed by atoms with Gasteiger partial charge in [-0.3, -0.25) is 10.3 Å². The topological polar surface area (TPSA) is 93.0 Å². The average Bonchev–Trinajstić information content (AvgIpc) is 2.63. The van der Waals surface area contributed by atoms with E-state index in [1.54, 1.807) is 27.7 Å². The molecule has 0 radical (unpaired) electrons. The lowest BCUT2D eigenvalue weighted by molar-refractivity contribution is 0.0560. The predicted molar refractivity (Wildman–Crippen MR) is 114 cm³/mol. The number of carbonyl (C=O) groups is 1. The number of hydrogen-bond acceptors (Lipinski definition) is 6. The molecule has 0 saturated heterocycles. The molecule has 1 N–H and O–H groups in total. The number of ether oxygens (including phenoxy) is 1. The lowest BCUT2D eigenvalue weighted by Gasteiger charge is -2.45. The van der Waals surface area contributed by atoms with Crippen molar-refractivity contribution in [1.29, 1.82) is 0 Å². The zero-order valence-electron chi connectivity index (χ0n) is 17.3. The molecule has 7 nitrogen and oxygen atoms in total. The molecule has 166 valence electrons. The van der Waals surface area contributed by atoms with Gasteiger partial charge in [0, 0.05) is 6.54 Å². The van der Waals surface area contributed by atoms with Gasteiger partial charge in [0.15, 0.2) is 0 Å². The fraction of sp³-hybridized carbons (Fsp3) is 0.632. The number of amides is 1. The summed E-state index contributed by atoms with van der Waals surface area (Å²) in [6.07, 6.45) is 0.252. The van der Waals surface area contributed by atoms with Gasteiger partial charge in [0.05, 0.1) is 15.5 Å². The highest BCUT2D eigenvalue weighted by atomic mass is 79.9. The van der Waals surface area contributed by atoms with Gasteiger partial charge in [0.25, 0.3) is 0 Å². The molecule has 0 bridgehead atoms. The van der Waals surface area contributed by atoms with Crippen LogP contribution in [0.15, 0.2) is 26.1 Å². The number of alkyl carbamates (subject to hydrolysis) is 1. The van der Waals surface area contributed by atoms with E-state index >= 15 is 0 Å². The number of hydrogen-bond donors (Lipinski definition) is 1. The van der Waals surface area contributed by atoms with Crippen molar-refractivity contribution in [2.75, 3.05) is 19.0 Å². The number of aliphatic imine (C=N–C) groups is 1. The van der Waals surface area contributed by atoms with Crippen LogP contribution >= 0.6 is 15.9 Å². The Kier molecular flexibility index (Phi) is 6.00. The van der Waals surface area contributed by atoms with Crippen LogP contribution in [0.5, 0.6) is 0 Å². The molecule has 0 spiro atoms. The second-order valence-corrected chi connectivity index (χ2v) is 12.2. The van der Waals surface area contributed by atoms with E-state index in [-0.39, 0.29) is 21.9 Å². The largest absolute Gasteiger partial charge is 0.444 e. The zero-order valence-corrected chi connectivity index (χ0v) is 19.7. The number of pyridine rings is 1. The molecule has 0 fully saturated rings. The fourth-order valence-electron chi connectivity index (χ4n) is 3.65. The van der Waals surface area contributed by atoms with Gasteiger partial charge in [-0.1, -0.05) is 0 Å². The standard InChI is InChI=1S/C19H25BrF2N4O3S/c1-17(2,3)29-16(27)25-15-18(4)8-5-9-23-30(18,28)11-19(10-21,26-15)14-12(22)6-7-13(20)24-14/h6-7H,5,8-11H2,1-4H3,(H,25,26,27)/t18-,19-,30-/m0/s1. The maximum Gasteiger partial charge on any atom is 0.413 e. The number of amidine groups is 1. The molecule has 3 atom stereocenters. The maximum absolute atomic E-state index is 14.7. The number of alkyl halides is 1. The van der Waals surface area contributed by atoms with Crippen LogP contribution in [0.25, 0.3) is 0 Å². The van der Waals surface area contributed by atoms with Gasteiger partial charge >= 0.3 is 6.09 Å². The van der Waals surface area contributed by atoms with Crippen molar-refractivity contribution in [2.45, 2.75) is 56.4 Å². The third-order valence-corrected chi connectivity index (χ3v) is 8.89. The summed E-state index contributed by atoms with van der Waals surface area (Å²) in [6.45, 7) is 5.95.